The molecule has 1 unspecified atom stereocenters. The summed E-state index contributed by atoms with van der Waals surface area (Å²) in [5, 5.41) is 22.0. The molecule has 2 amide bonds. The number of carbonyl (C=O) groups excluding carboxylic acids is 2. The number of aromatic nitrogens is 1. The molecule has 4 aromatic rings. The first-order valence-electron chi connectivity index (χ1n) is 18.1. The zero-order valence-electron chi connectivity index (χ0n) is 31.0. The van der Waals surface area contributed by atoms with Crippen LogP contribution in [0.1, 0.15) is 65.5 Å². The molecular weight excluding hydrogens is 675 g/mol. The van der Waals surface area contributed by atoms with Crippen LogP contribution in [0.5, 0.6) is 0 Å². The molecule has 0 bridgehead atoms. The molecule has 0 saturated heterocycles. The summed E-state index contributed by atoms with van der Waals surface area (Å²) in [6.07, 6.45) is 2.45. The van der Waals surface area contributed by atoms with Gasteiger partial charge in [-0.15, -0.1) is 0 Å². The quantitative estimate of drug-likeness (QED) is 0.125. The summed E-state index contributed by atoms with van der Waals surface area (Å²) in [5.41, 5.74) is 1.71. The lowest BCUT2D eigenvalue weighted by Gasteiger charge is -2.35. The highest BCUT2D eigenvalue weighted by Crippen LogP contribution is 2.45. The van der Waals surface area contributed by atoms with Crippen LogP contribution in [-0.2, 0) is 31.6 Å². The Hall–Kier alpha value is -4.16. The van der Waals surface area contributed by atoms with Crippen LogP contribution in [-0.4, -0.2) is 71.9 Å². The second kappa shape index (κ2) is 16.2. The minimum absolute atomic E-state index is 0.0426. The number of amides is 2. The number of fused-ring (bicyclic) bond motifs is 1. The van der Waals surface area contributed by atoms with E-state index in [0.717, 1.165) is 24.0 Å². The molecule has 0 aliphatic heterocycles. The van der Waals surface area contributed by atoms with Crippen molar-refractivity contribution < 1.29 is 23.1 Å². The maximum atomic E-state index is 14.2. The molecule has 0 spiro atoms. The highest BCUT2D eigenvalue weighted by atomic mass is 32.2. The first-order valence-corrected chi connectivity index (χ1v) is 19.5. The molecule has 1 saturated carbocycles. The fourth-order valence-corrected chi connectivity index (χ4v) is 8.27. The Morgan fingerprint density at radius 1 is 0.865 bits per heavy atom. The van der Waals surface area contributed by atoms with Crippen molar-refractivity contribution in [3.05, 3.63) is 108 Å². The Morgan fingerprint density at radius 2 is 1.52 bits per heavy atom. The lowest BCUT2D eigenvalue weighted by molar-refractivity contribution is -0.133. The molecule has 0 radical (unpaired) electrons. The molecule has 3 aromatic carbocycles. The normalized spacial score (nSPS) is 16.6. The summed E-state index contributed by atoms with van der Waals surface area (Å²) in [6.45, 7) is 11.2. The first kappa shape index (κ1) is 39.1. The van der Waals surface area contributed by atoms with E-state index in [4.69, 9.17) is 0 Å². The van der Waals surface area contributed by atoms with Crippen molar-refractivity contribution in [2.24, 2.45) is 11.3 Å². The van der Waals surface area contributed by atoms with Gasteiger partial charge in [-0.3, -0.25) is 19.9 Å². The van der Waals surface area contributed by atoms with Crippen molar-refractivity contribution in [3.63, 3.8) is 0 Å². The van der Waals surface area contributed by atoms with Gasteiger partial charge in [0, 0.05) is 30.2 Å². The van der Waals surface area contributed by atoms with Gasteiger partial charge < -0.3 is 15.7 Å². The molecule has 1 fully saturated rings. The Bertz CT molecular complexity index is 1930. The van der Waals surface area contributed by atoms with Crippen LogP contribution >= 0.6 is 0 Å². The Labute approximate surface area is 308 Å². The maximum Gasteiger partial charge on any atom is 0.243 e. The molecule has 1 aliphatic rings. The third kappa shape index (κ3) is 9.63. The van der Waals surface area contributed by atoms with Crippen molar-refractivity contribution in [3.8, 4) is 0 Å². The van der Waals surface area contributed by atoms with Gasteiger partial charge in [0.05, 0.1) is 28.6 Å². The van der Waals surface area contributed by atoms with E-state index >= 15 is 0 Å². The number of aliphatic hydroxyl groups is 1. The average Bonchev–Trinajstić information content (AvgIpc) is 3.90. The van der Waals surface area contributed by atoms with Gasteiger partial charge in [0.25, 0.3) is 0 Å². The lowest BCUT2D eigenvalue weighted by atomic mass is 9.85. The third-order valence-electron chi connectivity index (χ3n) is 9.64. The molecular formula is C41H53N5O5S. The highest BCUT2D eigenvalue weighted by Gasteiger charge is 2.46. The largest absolute Gasteiger partial charge is 0.390 e. The molecule has 278 valence electrons. The predicted octanol–water partition coefficient (Wildman–Crippen LogP) is 5.17. The molecule has 10 nitrogen and oxygen atoms in total. The van der Waals surface area contributed by atoms with Crippen LogP contribution in [0.2, 0.25) is 0 Å². The van der Waals surface area contributed by atoms with Crippen molar-refractivity contribution in [1.29, 1.82) is 0 Å². The van der Waals surface area contributed by atoms with Crippen LogP contribution in [0.15, 0.2) is 102 Å². The second-order valence-electron chi connectivity index (χ2n) is 15.6. The number of carbonyl (C=O) groups is 2. The standard InChI is InChI=1S/C41H53N5O5S/c1-28(2)26-46(52(50,51)33-19-20-34-31(25-33)16-13-23-42-34)27-36(47)35(24-30-14-9-7-10-15-30)43-39(49)37(40(4,5)6)44-38(48)29(3)45-41(21-22-41)32-17-11-8-12-18-32/h7-20,23,25,28-29,35-37,45,47H,21-22,24,26-27H2,1-6H3,(H,43,49)(H,44,48)/t29-,35+,36-,37?/m1/s1. The SMILES string of the molecule is CC(C)CN(C[C@@H](O)[C@H](Cc1ccccc1)NC(=O)C(NC(=O)[C@@H](C)NC1(c2ccccc2)CC1)C(C)(C)C)S(=O)(=O)c1ccc2ncccc2c1. The Morgan fingerprint density at radius 3 is 2.13 bits per heavy atom. The van der Waals surface area contributed by atoms with E-state index in [1.54, 1.807) is 31.3 Å². The summed E-state index contributed by atoms with van der Waals surface area (Å²) >= 11 is 0. The van der Waals surface area contributed by atoms with E-state index in [0.29, 0.717) is 10.9 Å². The Balaban J connectivity index is 1.36. The number of benzene rings is 3. The Kier molecular flexibility index (Phi) is 12.2. The molecule has 5 rings (SSSR count). The van der Waals surface area contributed by atoms with E-state index in [1.807, 2.05) is 89.2 Å². The van der Waals surface area contributed by atoms with Crippen molar-refractivity contribution in [2.75, 3.05) is 13.1 Å². The topological polar surface area (TPSA) is 141 Å². The number of hydrogen-bond acceptors (Lipinski definition) is 7. The van der Waals surface area contributed by atoms with Crippen LogP contribution in [0.25, 0.3) is 10.9 Å². The molecule has 1 aromatic heterocycles. The van der Waals surface area contributed by atoms with E-state index in [2.05, 4.69) is 33.1 Å². The van der Waals surface area contributed by atoms with Gasteiger partial charge in [0.1, 0.15) is 6.04 Å². The maximum absolute atomic E-state index is 14.2. The summed E-state index contributed by atoms with van der Waals surface area (Å²) in [4.78, 5) is 32.2. The van der Waals surface area contributed by atoms with Crippen molar-refractivity contribution in [1.82, 2.24) is 25.2 Å². The van der Waals surface area contributed by atoms with E-state index in [-0.39, 0.29) is 41.8 Å². The van der Waals surface area contributed by atoms with Gasteiger partial charge in [0.15, 0.2) is 0 Å². The molecule has 1 heterocycles. The molecule has 4 atom stereocenters. The van der Waals surface area contributed by atoms with Gasteiger partial charge in [-0.2, -0.15) is 4.31 Å². The summed E-state index contributed by atoms with van der Waals surface area (Å²) in [5.74, 6) is -0.811. The first-order chi connectivity index (χ1) is 24.6. The van der Waals surface area contributed by atoms with E-state index in [9.17, 15) is 23.1 Å². The smallest absolute Gasteiger partial charge is 0.243 e. The summed E-state index contributed by atoms with van der Waals surface area (Å²) in [6, 6.07) is 25.5. The van der Waals surface area contributed by atoms with Gasteiger partial charge in [-0.05, 0) is 72.9 Å². The molecule has 52 heavy (non-hydrogen) atoms. The molecule has 4 N–H and O–H groups in total. The molecule has 11 heteroatoms. The lowest BCUT2D eigenvalue weighted by Crippen LogP contribution is -2.60. The van der Waals surface area contributed by atoms with Crippen molar-refractivity contribution in [2.45, 2.75) is 95.5 Å². The van der Waals surface area contributed by atoms with Gasteiger partial charge in [-0.25, -0.2) is 8.42 Å². The number of pyridine rings is 1. The minimum Gasteiger partial charge on any atom is -0.390 e. The average molecular weight is 728 g/mol. The van der Waals surface area contributed by atoms with Crippen molar-refractivity contribution >= 4 is 32.7 Å². The number of rotatable bonds is 16. The minimum atomic E-state index is -4.04. The fourth-order valence-electron chi connectivity index (χ4n) is 6.62. The number of nitrogens with one attached hydrogen (secondary N) is 3. The van der Waals surface area contributed by atoms with Crippen LogP contribution in [0, 0.1) is 11.3 Å². The monoisotopic (exact) mass is 727 g/mol. The van der Waals surface area contributed by atoms with E-state index < -0.39 is 45.6 Å². The van der Waals surface area contributed by atoms with Gasteiger partial charge >= 0.3 is 0 Å². The van der Waals surface area contributed by atoms with Gasteiger partial charge in [0.2, 0.25) is 21.8 Å². The number of sulfonamides is 1. The number of aliphatic hydroxyl groups excluding tert-OH is 1. The predicted molar refractivity (Wildman–Crippen MR) is 205 cm³/mol. The fraction of sp³-hybridized carbons (Fsp3) is 0.439. The van der Waals surface area contributed by atoms with Crippen LogP contribution in [0.3, 0.4) is 0 Å². The summed E-state index contributed by atoms with van der Waals surface area (Å²) in [7, 11) is -4.04. The number of hydrogen-bond donors (Lipinski definition) is 4. The summed E-state index contributed by atoms with van der Waals surface area (Å²) < 4.78 is 29.5. The van der Waals surface area contributed by atoms with Crippen LogP contribution in [0.4, 0.5) is 0 Å². The van der Waals surface area contributed by atoms with E-state index in [1.165, 1.54) is 10.4 Å². The second-order valence-corrected chi connectivity index (χ2v) is 17.5. The van der Waals surface area contributed by atoms with Gasteiger partial charge in [-0.1, -0.05) is 101 Å². The highest BCUT2D eigenvalue weighted by molar-refractivity contribution is 7.89. The van der Waals surface area contributed by atoms with Crippen LogP contribution < -0.4 is 16.0 Å². The third-order valence-corrected chi connectivity index (χ3v) is 11.5. The number of nitrogens with zero attached hydrogens (tertiary/aromatic N) is 2. The zero-order valence-corrected chi connectivity index (χ0v) is 31.9. The molecule has 1 aliphatic carbocycles. The zero-order chi connectivity index (χ0) is 37.7.